The van der Waals surface area contributed by atoms with E-state index in [1.807, 2.05) is 6.92 Å². The molecule has 20 heavy (non-hydrogen) atoms. The van der Waals surface area contributed by atoms with Gasteiger partial charge in [-0.1, -0.05) is 6.92 Å². The minimum Gasteiger partial charge on any atom is -0.393 e. The van der Waals surface area contributed by atoms with Gasteiger partial charge in [0.05, 0.1) is 6.10 Å². The molecule has 0 spiro atoms. The van der Waals surface area contributed by atoms with Gasteiger partial charge < -0.3 is 15.3 Å². The zero-order valence-electron chi connectivity index (χ0n) is 12.0. The number of amides is 4. The number of carbonyl (C=O) groups excluding carboxylic acids is 3. The van der Waals surface area contributed by atoms with Crippen LogP contribution >= 0.6 is 0 Å². The average Bonchev–Trinajstić information content (AvgIpc) is 2.55. The molecule has 0 bridgehead atoms. The molecule has 2 saturated heterocycles. The Labute approximate surface area is 117 Å². The van der Waals surface area contributed by atoms with Crippen LogP contribution in [0.15, 0.2) is 0 Å². The summed E-state index contributed by atoms with van der Waals surface area (Å²) in [5.74, 6) is -0.641. The number of imide groups is 1. The second-order valence-corrected chi connectivity index (χ2v) is 6.12. The van der Waals surface area contributed by atoms with E-state index in [1.165, 1.54) is 0 Å². The van der Waals surface area contributed by atoms with E-state index in [0.717, 1.165) is 4.90 Å². The number of nitrogens with one attached hydrogen (secondary N) is 1. The highest BCUT2D eigenvalue weighted by Gasteiger charge is 2.45. The Morgan fingerprint density at radius 3 is 2.60 bits per heavy atom. The van der Waals surface area contributed by atoms with Crippen molar-refractivity contribution in [1.82, 2.24) is 15.1 Å². The lowest BCUT2D eigenvalue weighted by atomic mass is 9.97. The van der Waals surface area contributed by atoms with Crippen molar-refractivity contribution in [2.75, 3.05) is 19.6 Å². The van der Waals surface area contributed by atoms with E-state index in [1.54, 1.807) is 18.7 Å². The van der Waals surface area contributed by atoms with Crippen molar-refractivity contribution >= 4 is 17.8 Å². The maximum Gasteiger partial charge on any atom is 0.325 e. The van der Waals surface area contributed by atoms with Gasteiger partial charge in [-0.2, -0.15) is 0 Å². The zero-order valence-corrected chi connectivity index (χ0v) is 12.0. The monoisotopic (exact) mass is 283 g/mol. The number of nitrogens with zero attached hydrogens (tertiary/aromatic N) is 2. The SMILES string of the molecule is CC1CN(C(=O)CN2C(=O)NC(C)(C)C2=O)CCC1O. The van der Waals surface area contributed by atoms with Crippen LogP contribution in [0.2, 0.25) is 0 Å². The first-order chi connectivity index (χ1) is 9.22. The number of rotatable bonds is 2. The van der Waals surface area contributed by atoms with Crippen LogP contribution in [0.4, 0.5) is 4.79 Å². The molecule has 2 aliphatic heterocycles. The van der Waals surface area contributed by atoms with Crippen molar-refractivity contribution in [2.45, 2.75) is 38.8 Å². The minimum absolute atomic E-state index is 0.00671. The Hall–Kier alpha value is -1.63. The summed E-state index contributed by atoms with van der Waals surface area (Å²) in [5.41, 5.74) is -0.956. The lowest BCUT2D eigenvalue weighted by molar-refractivity contribution is -0.140. The highest BCUT2D eigenvalue weighted by Crippen LogP contribution is 2.19. The van der Waals surface area contributed by atoms with Crippen LogP contribution in [0, 0.1) is 5.92 Å². The summed E-state index contributed by atoms with van der Waals surface area (Å²) in [6.07, 6.45) is 0.133. The fourth-order valence-corrected chi connectivity index (χ4v) is 2.56. The molecular formula is C13H21N3O4. The maximum absolute atomic E-state index is 12.2. The number of urea groups is 1. The largest absolute Gasteiger partial charge is 0.393 e. The summed E-state index contributed by atoms with van der Waals surface area (Å²) < 4.78 is 0. The first-order valence-corrected chi connectivity index (χ1v) is 6.82. The van der Waals surface area contributed by atoms with Gasteiger partial charge in [0.2, 0.25) is 5.91 Å². The third-order valence-electron chi connectivity index (χ3n) is 3.95. The Kier molecular flexibility index (Phi) is 3.73. The van der Waals surface area contributed by atoms with Crippen LogP contribution in [0.1, 0.15) is 27.2 Å². The fraction of sp³-hybridized carbons (Fsp3) is 0.769. The lowest BCUT2D eigenvalue weighted by Crippen LogP contribution is -2.49. The standard InChI is InChI=1S/C13H21N3O4/c1-8-6-15(5-4-9(8)17)10(18)7-16-11(19)13(2,3)14-12(16)20/h8-9,17H,4-7H2,1-3H3,(H,14,20). The summed E-state index contributed by atoms with van der Waals surface area (Å²) >= 11 is 0. The van der Waals surface area contributed by atoms with Crippen molar-refractivity contribution in [3.05, 3.63) is 0 Å². The van der Waals surface area contributed by atoms with Gasteiger partial charge in [0, 0.05) is 13.1 Å². The Morgan fingerprint density at radius 2 is 2.10 bits per heavy atom. The second-order valence-electron chi connectivity index (χ2n) is 6.12. The first kappa shape index (κ1) is 14.8. The quantitative estimate of drug-likeness (QED) is 0.671. The number of carbonyl (C=O) groups is 3. The van der Waals surface area contributed by atoms with Crippen molar-refractivity contribution in [3.63, 3.8) is 0 Å². The molecule has 7 nitrogen and oxygen atoms in total. The molecule has 2 fully saturated rings. The number of aliphatic hydroxyl groups is 1. The summed E-state index contributed by atoms with van der Waals surface area (Å²) in [4.78, 5) is 38.5. The molecule has 0 aliphatic carbocycles. The van der Waals surface area contributed by atoms with Gasteiger partial charge in [-0.05, 0) is 26.2 Å². The zero-order chi connectivity index (χ0) is 15.1. The summed E-state index contributed by atoms with van der Waals surface area (Å²) in [5, 5.41) is 12.2. The van der Waals surface area contributed by atoms with Gasteiger partial charge in [-0.25, -0.2) is 4.79 Å². The van der Waals surface area contributed by atoms with E-state index < -0.39 is 17.7 Å². The summed E-state index contributed by atoms with van der Waals surface area (Å²) in [7, 11) is 0. The van der Waals surface area contributed by atoms with E-state index in [9.17, 15) is 19.5 Å². The second kappa shape index (κ2) is 5.05. The molecule has 7 heteroatoms. The Morgan fingerprint density at radius 1 is 1.45 bits per heavy atom. The molecule has 112 valence electrons. The van der Waals surface area contributed by atoms with Crippen molar-refractivity contribution in [2.24, 2.45) is 5.92 Å². The predicted octanol–water partition coefficient (Wildman–Crippen LogP) is -0.454. The molecule has 2 aliphatic rings. The highest BCUT2D eigenvalue weighted by atomic mass is 16.3. The number of likely N-dealkylation sites (tertiary alicyclic amines) is 1. The van der Waals surface area contributed by atoms with Crippen molar-refractivity contribution in [1.29, 1.82) is 0 Å². The third kappa shape index (κ3) is 2.63. The average molecular weight is 283 g/mol. The van der Waals surface area contributed by atoms with Crippen LogP contribution in [0.5, 0.6) is 0 Å². The minimum atomic E-state index is -0.956. The van der Waals surface area contributed by atoms with E-state index in [2.05, 4.69) is 5.32 Å². The molecule has 0 saturated carbocycles. The van der Waals surface area contributed by atoms with E-state index >= 15 is 0 Å². The van der Waals surface area contributed by atoms with Crippen LogP contribution in [0.3, 0.4) is 0 Å². The highest BCUT2D eigenvalue weighted by molar-refractivity contribution is 6.08. The molecular weight excluding hydrogens is 262 g/mol. The van der Waals surface area contributed by atoms with Gasteiger partial charge in [-0.3, -0.25) is 14.5 Å². The molecule has 2 atom stereocenters. The van der Waals surface area contributed by atoms with Crippen LogP contribution < -0.4 is 5.32 Å². The van der Waals surface area contributed by atoms with E-state index in [0.29, 0.717) is 19.5 Å². The van der Waals surface area contributed by atoms with Crippen LogP contribution in [-0.4, -0.2) is 64.0 Å². The fourth-order valence-electron chi connectivity index (χ4n) is 2.56. The maximum atomic E-state index is 12.2. The number of hydrogen-bond acceptors (Lipinski definition) is 4. The van der Waals surface area contributed by atoms with E-state index in [4.69, 9.17) is 0 Å². The normalized spacial score (nSPS) is 29.6. The molecule has 2 rings (SSSR count). The molecule has 0 aromatic rings. The van der Waals surface area contributed by atoms with Crippen molar-refractivity contribution < 1.29 is 19.5 Å². The van der Waals surface area contributed by atoms with Crippen LogP contribution in [-0.2, 0) is 9.59 Å². The van der Waals surface area contributed by atoms with Gasteiger partial charge >= 0.3 is 6.03 Å². The summed E-state index contributed by atoms with van der Waals surface area (Å²) in [6, 6.07) is -0.529. The Balaban J connectivity index is 1.99. The predicted molar refractivity (Wildman–Crippen MR) is 70.7 cm³/mol. The van der Waals surface area contributed by atoms with Gasteiger partial charge in [0.1, 0.15) is 12.1 Å². The molecule has 0 aromatic carbocycles. The number of hydrogen-bond donors (Lipinski definition) is 2. The Bertz CT molecular complexity index is 449. The molecule has 2 unspecified atom stereocenters. The van der Waals surface area contributed by atoms with Gasteiger partial charge in [0.25, 0.3) is 5.91 Å². The smallest absolute Gasteiger partial charge is 0.325 e. The molecule has 0 radical (unpaired) electrons. The molecule has 2 N–H and O–H groups in total. The topological polar surface area (TPSA) is 90.0 Å². The first-order valence-electron chi connectivity index (χ1n) is 6.82. The van der Waals surface area contributed by atoms with Crippen molar-refractivity contribution in [3.8, 4) is 0 Å². The van der Waals surface area contributed by atoms with E-state index in [-0.39, 0.29) is 24.3 Å². The van der Waals surface area contributed by atoms with Crippen LogP contribution in [0.25, 0.3) is 0 Å². The molecule has 0 aromatic heterocycles. The molecule has 4 amide bonds. The van der Waals surface area contributed by atoms with Gasteiger partial charge in [0.15, 0.2) is 0 Å². The lowest BCUT2D eigenvalue weighted by Gasteiger charge is -2.35. The third-order valence-corrected chi connectivity index (χ3v) is 3.95. The summed E-state index contributed by atoms with van der Waals surface area (Å²) in [6.45, 7) is 5.76. The van der Waals surface area contributed by atoms with Gasteiger partial charge in [-0.15, -0.1) is 0 Å². The number of aliphatic hydroxyl groups excluding tert-OH is 1. The number of piperidine rings is 1. The molecule has 2 heterocycles.